The van der Waals surface area contributed by atoms with Crippen molar-refractivity contribution in [3.63, 3.8) is 0 Å². The Bertz CT molecular complexity index is 1230. The van der Waals surface area contributed by atoms with Gasteiger partial charge in [0.2, 0.25) is 11.8 Å². The summed E-state index contributed by atoms with van der Waals surface area (Å²) < 4.78 is -0.772. The van der Waals surface area contributed by atoms with Crippen molar-refractivity contribution in [1.29, 1.82) is 0 Å². The monoisotopic (exact) mass is 497 g/mol. The fraction of sp³-hybridized carbons (Fsp3) is 0.167. The van der Waals surface area contributed by atoms with E-state index in [1.807, 2.05) is 24.3 Å². The number of hydrogen-bond donors (Lipinski definition) is 0. The highest BCUT2D eigenvalue weighted by Crippen LogP contribution is 2.66. The zero-order chi connectivity index (χ0) is 20.8. The highest BCUT2D eigenvalue weighted by Gasteiger charge is 2.67. The van der Waals surface area contributed by atoms with E-state index in [-0.39, 0.29) is 22.8 Å². The SMILES string of the molecule is O=C1C2C3c4ccccc4C(Br)(c4ccccc43)C2C(=O)N1c1cccc(Cl)c1Cl. The van der Waals surface area contributed by atoms with Crippen LogP contribution < -0.4 is 4.90 Å². The van der Waals surface area contributed by atoms with E-state index in [4.69, 9.17) is 23.2 Å². The maximum absolute atomic E-state index is 13.8. The number of carbonyl (C=O) groups is 2. The van der Waals surface area contributed by atoms with Crippen molar-refractivity contribution in [2.24, 2.45) is 11.8 Å². The van der Waals surface area contributed by atoms with Crippen LogP contribution >= 0.6 is 39.1 Å². The molecule has 2 unspecified atom stereocenters. The summed E-state index contributed by atoms with van der Waals surface area (Å²) in [5, 5.41) is 0.526. The Hall–Kier alpha value is -2.14. The van der Waals surface area contributed by atoms with Gasteiger partial charge in [-0.1, -0.05) is 93.7 Å². The largest absolute Gasteiger partial charge is 0.274 e. The maximum atomic E-state index is 13.8. The Labute approximate surface area is 191 Å². The molecule has 0 N–H and O–H groups in total. The van der Waals surface area contributed by atoms with E-state index < -0.39 is 16.2 Å². The van der Waals surface area contributed by atoms with Gasteiger partial charge in [-0.05, 0) is 34.4 Å². The van der Waals surface area contributed by atoms with Gasteiger partial charge in [-0.15, -0.1) is 0 Å². The zero-order valence-corrected chi connectivity index (χ0v) is 18.6. The van der Waals surface area contributed by atoms with Crippen molar-refractivity contribution in [1.82, 2.24) is 0 Å². The Kier molecular flexibility index (Phi) is 3.84. The van der Waals surface area contributed by atoms with Crippen molar-refractivity contribution < 1.29 is 9.59 Å². The van der Waals surface area contributed by atoms with Crippen molar-refractivity contribution >= 4 is 56.6 Å². The molecule has 30 heavy (non-hydrogen) atoms. The number of carbonyl (C=O) groups excluding carboxylic acids is 2. The molecule has 2 amide bonds. The van der Waals surface area contributed by atoms with Gasteiger partial charge in [0.1, 0.15) is 0 Å². The minimum Gasteiger partial charge on any atom is -0.274 e. The molecule has 0 spiro atoms. The molecule has 0 saturated carbocycles. The van der Waals surface area contributed by atoms with Crippen LogP contribution in [0.15, 0.2) is 66.7 Å². The Balaban J connectivity index is 1.63. The van der Waals surface area contributed by atoms with Crippen LogP contribution in [0.1, 0.15) is 28.2 Å². The molecule has 0 aromatic heterocycles. The number of rotatable bonds is 1. The van der Waals surface area contributed by atoms with E-state index in [0.29, 0.717) is 10.7 Å². The summed E-state index contributed by atoms with van der Waals surface area (Å²) >= 11 is 16.6. The average molecular weight is 499 g/mol. The first-order valence-electron chi connectivity index (χ1n) is 9.65. The second-order valence-corrected chi connectivity index (χ2v) is 9.99. The molecule has 2 bridgehead atoms. The van der Waals surface area contributed by atoms with Crippen LogP contribution in [0.25, 0.3) is 0 Å². The summed E-state index contributed by atoms with van der Waals surface area (Å²) in [5.74, 6) is -1.72. The lowest BCUT2D eigenvalue weighted by Crippen LogP contribution is -2.50. The molecule has 3 aromatic rings. The second-order valence-electron chi connectivity index (χ2n) is 7.95. The van der Waals surface area contributed by atoms with Gasteiger partial charge in [0.25, 0.3) is 0 Å². The zero-order valence-electron chi connectivity index (χ0n) is 15.5. The van der Waals surface area contributed by atoms with Gasteiger partial charge in [0.05, 0.1) is 31.9 Å². The number of alkyl halides is 1. The molecule has 3 aromatic carbocycles. The minimum atomic E-state index is -0.772. The quantitative estimate of drug-likeness (QED) is 0.309. The predicted molar refractivity (Wildman–Crippen MR) is 120 cm³/mol. The fourth-order valence-electron chi connectivity index (χ4n) is 5.58. The minimum absolute atomic E-state index is 0.179. The topological polar surface area (TPSA) is 37.4 Å². The third-order valence-corrected chi connectivity index (χ3v) is 8.84. The van der Waals surface area contributed by atoms with E-state index in [2.05, 4.69) is 40.2 Å². The van der Waals surface area contributed by atoms with Crippen molar-refractivity contribution in [2.45, 2.75) is 10.2 Å². The molecule has 1 saturated heterocycles. The van der Waals surface area contributed by atoms with Crippen LogP contribution in [-0.4, -0.2) is 11.8 Å². The number of amides is 2. The van der Waals surface area contributed by atoms with Crippen LogP contribution in [0, 0.1) is 11.8 Å². The lowest BCUT2D eigenvalue weighted by Gasteiger charge is -2.51. The molecule has 3 nitrogen and oxygen atoms in total. The molecular weight excluding hydrogens is 485 g/mol. The van der Waals surface area contributed by atoms with Gasteiger partial charge in [-0.25, -0.2) is 4.90 Å². The molecule has 2 atom stereocenters. The first-order valence-corrected chi connectivity index (χ1v) is 11.2. The van der Waals surface area contributed by atoms with Crippen LogP contribution in [0.2, 0.25) is 10.0 Å². The molecule has 1 fully saturated rings. The van der Waals surface area contributed by atoms with Gasteiger partial charge >= 0.3 is 0 Å². The lowest BCUT2D eigenvalue weighted by atomic mass is 9.55. The second kappa shape index (κ2) is 6.19. The normalized spacial score (nSPS) is 28.4. The van der Waals surface area contributed by atoms with E-state index in [1.54, 1.807) is 18.2 Å². The van der Waals surface area contributed by atoms with Crippen molar-refractivity contribution in [3.8, 4) is 0 Å². The third-order valence-electron chi connectivity index (χ3n) is 6.69. The number of anilines is 1. The molecule has 1 heterocycles. The smallest absolute Gasteiger partial charge is 0.239 e. The van der Waals surface area contributed by atoms with Crippen LogP contribution in [0.3, 0.4) is 0 Å². The van der Waals surface area contributed by atoms with E-state index >= 15 is 0 Å². The standard InChI is InChI=1S/C24H14BrCl2NO2/c25-24-14-8-3-1-6-12(14)18(13-7-2-4-9-15(13)24)19-20(24)23(30)28(22(19)29)17-11-5-10-16(26)21(17)27/h1-11,18-20H. The van der Waals surface area contributed by atoms with Gasteiger partial charge in [0.15, 0.2) is 0 Å². The van der Waals surface area contributed by atoms with Gasteiger partial charge in [-0.2, -0.15) is 0 Å². The van der Waals surface area contributed by atoms with Crippen LogP contribution in [0.4, 0.5) is 5.69 Å². The Morgan fingerprint density at radius 1 is 0.800 bits per heavy atom. The Morgan fingerprint density at radius 2 is 1.40 bits per heavy atom. The number of nitrogens with zero attached hydrogens (tertiary/aromatic N) is 1. The van der Waals surface area contributed by atoms with E-state index in [1.165, 1.54) is 4.90 Å². The number of imide groups is 1. The predicted octanol–water partition coefficient (Wildman–Crippen LogP) is 5.90. The fourth-order valence-corrected chi connectivity index (χ4v) is 7.16. The molecule has 7 rings (SSSR count). The number of halogens is 3. The number of benzene rings is 3. The van der Waals surface area contributed by atoms with Gasteiger partial charge in [-0.3, -0.25) is 9.59 Å². The summed E-state index contributed by atoms with van der Waals surface area (Å²) in [6, 6.07) is 21.2. The summed E-state index contributed by atoms with van der Waals surface area (Å²) in [6.45, 7) is 0. The molecular formula is C24H14BrCl2NO2. The molecule has 6 heteroatoms. The number of hydrogen-bond acceptors (Lipinski definition) is 2. The Morgan fingerprint density at radius 3 is 2.03 bits per heavy atom. The highest BCUT2D eigenvalue weighted by atomic mass is 79.9. The molecule has 4 aliphatic rings. The summed E-state index contributed by atoms with van der Waals surface area (Å²) in [6.07, 6.45) is 0. The maximum Gasteiger partial charge on any atom is 0.239 e. The van der Waals surface area contributed by atoms with Gasteiger partial charge < -0.3 is 0 Å². The summed E-state index contributed by atoms with van der Waals surface area (Å²) in [7, 11) is 0. The van der Waals surface area contributed by atoms with Crippen molar-refractivity contribution in [2.75, 3.05) is 4.90 Å². The third kappa shape index (κ3) is 2.07. The lowest BCUT2D eigenvalue weighted by molar-refractivity contribution is -0.122. The summed E-state index contributed by atoms with van der Waals surface area (Å²) in [4.78, 5) is 28.8. The molecule has 0 radical (unpaired) electrons. The molecule has 1 aliphatic heterocycles. The van der Waals surface area contributed by atoms with E-state index in [0.717, 1.165) is 22.3 Å². The summed E-state index contributed by atoms with van der Waals surface area (Å²) in [5.41, 5.74) is 4.63. The van der Waals surface area contributed by atoms with Crippen LogP contribution in [0.5, 0.6) is 0 Å². The van der Waals surface area contributed by atoms with E-state index in [9.17, 15) is 9.59 Å². The van der Waals surface area contributed by atoms with Crippen molar-refractivity contribution in [3.05, 3.63) is 99.0 Å². The van der Waals surface area contributed by atoms with Gasteiger partial charge in [0, 0.05) is 5.92 Å². The highest BCUT2D eigenvalue weighted by molar-refractivity contribution is 9.09. The van der Waals surface area contributed by atoms with Crippen LogP contribution in [-0.2, 0) is 13.9 Å². The molecule has 148 valence electrons. The first kappa shape index (κ1) is 18.6. The molecule has 3 aliphatic carbocycles. The first-order chi connectivity index (χ1) is 14.5. The average Bonchev–Trinajstić information content (AvgIpc) is 3.02.